The van der Waals surface area contributed by atoms with Crippen LogP contribution in [0.2, 0.25) is 0 Å². The molecule has 1 heterocycles. The van der Waals surface area contributed by atoms with Crippen LogP contribution in [0.1, 0.15) is 44.8 Å². The van der Waals surface area contributed by atoms with E-state index in [1.165, 1.54) is 0 Å². The standard InChI is InChI=1S/C12H19BrN2O2/c1-5-9(17-4)11-14-8(6-7(2)3)10(13)12(16)15-11/h7,9H,5-6H2,1-4H3,(H,14,15,16). The summed E-state index contributed by atoms with van der Waals surface area (Å²) in [4.78, 5) is 19.0. The first-order valence-electron chi connectivity index (χ1n) is 5.80. The van der Waals surface area contributed by atoms with Gasteiger partial charge < -0.3 is 9.72 Å². The average molecular weight is 303 g/mol. The molecule has 5 heteroatoms. The third kappa shape index (κ3) is 3.64. The molecule has 0 aromatic carbocycles. The Hall–Kier alpha value is -0.680. The van der Waals surface area contributed by atoms with Crippen molar-refractivity contribution in [2.24, 2.45) is 5.92 Å². The van der Waals surface area contributed by atoms with E-state index in [0.717, 1.165) is 18.5 Å². The van der Waals surface area contributed by atoms with Gasteiger partial charge in [-0.05, 0) is 34.7 Å². The minimum atomic E-state index is -0.151. The maximum Gasteiger partial charge on any atom is 0.265 e. The quantitative estimate of drug-likeness (QED) is 0.910. The van der Waals surface area contributed by atoms with E-state index in [0.29, 0.717) is 16.2 Å². The maximum atomic E-state index is 11.8. The zero-order chi connectivity index (χ0) is 13.0. The van der Waals surface area contributed by atoms with E-state index in [1.54, 1.807) is 7.11 Å². The van der Waals surface area contributed by atoms with Crippen molar-refractivity contribution < 1.29 is 4.74 Å². The fraction of sp³-hybridized carbons (Fsp3) is 0.667. The number of aromatic amines is 1. The van der Waals surface area contributed by atoms with Crippen LogP contribution in [0.4, 0.5) is 0 Å². The molecule has 4 nitrogen and oxygen atoms in total. The molecule has 96 valence electrons. The number of aromatic nitrogens is 2. The van der Waals surface area contributed by atoms with Crippen molar-refractivity contribution in [3.05, 3.63) is 26.3 Å². The van der Waals surface area contributed by atoms with Crippen LogP contribution >= 0.6 is 15.9 Å². The number of ether oxygens (including phenoxy) is 1. The van der Waals surface area contributed by atoms with E-state index in [1.807, 2.05) is 6.92 Å². The second-order valence-electron chi connectivity index (χ2n) is 4.44. The van der Waals surface area contributed by atoms with Gasteiger partial charge in [0.25, 0.3) is 5.56 Å². The molecule has 1 aromatic heterocycles. The van der Waals surface area contributed by atoms with Crippen LogP contribution in [0.15, 0.2) is 9.27 Å². The topological polar surface area (TPSA) is 55.0 Å². The van der Waals surface area contributed by atoms with Crippen molar-refractivity contribution in [1.82, 2.24) is 9.97 Å². The van der Waals surface area contributed by atoms with E-state index in [4.69, 9.17) is 4.74 Å². The molecule has 1 atom stereocenters. The Bertz CT molecular complexity index is 425. The number of rotatable bonds is 5. The molecular weight excluding hydrogens is 284 g/mol. The number of nitrogens with zero attached hydrogens (tertiary/aromatic N) is 1. The summed E-state index contributed by atoms with van der Waals surface area (Å²) >= 11 is 3.29. The van der Waals surface area contributed by atoms with Crippen molar-refractivity contribution in [1.29, 1.82) is 0 Å². The molecule has 17 heavy (non-hydrogen) atoms. The first kappa shape index (κ1) is 14.4. The Morgan fingerprint density at radius 3 is 2.59 bits per heavy atom. The normalized spacial score (nSPS) is 13.1. The van der Waals surface area contributed by atoms with Crippen LogP contribution in [-0.2, 0) is 11.2 Å². The third-order valence-corrected chi connectivity index (χ3v) is 3.33. The van der Waals surface area contributed by atoms with Crippen molar-refractivity contribution in [3.8, 4) is 0 Å². The summed E-state index contributed by atoms with van der Waals surface area (Å²) in [6, 6.07) is 0. The van der Waals surface area contributed by atoms with E-state index >= 15 is 0 Å². The van der Waals surface area contributed by atoms with Crippen molar-refractivity contribution in [2.45, 2.75) is 39.7 Å². The largest absolute Gasteiger partial charge is 0.374 e. The number of hydrogen-bond donors (Lipinski definition) is 1. The van der Waals surface area contributed by atoms with Gasteiger partial charge in [0.1, 0.15) is 16.4 Å². The smallest absolute Gasteiger partial charge is 0.265 e. The summed E-state index contributed by atoms with van der Waals surface area (Å²) < 4.78 is 5.82. The van der Waals surface area contributed by atoms with E-state index in [-0.39, 0.29) is 11.7 Å². The van der Waals surface area contributed by atoms with Crippen molar-refractivity contribution in [3.63, 3.8) is 0 Å². The summed E-state index contributed by atoms with van der Waals surface area (Å²) in [6.07, 6.45) is 1.40. The molecule has 0 bridgehead atoms. The molecule has 0 spiro atoms. The van der Waals surface area contributed by atoms with Gasteiger partial charge in [-0.2, -0.15) is 0 Å². The van der Waals surface area contributed by atoms with E-state index in [2.05, 4.69) is 39.7 Å². The lowest BCUT2D eigenvalue weighted by atomic mass is 10.1. The lowest BCUT2D eigenvalue weighted by molar-refractivity contribution is 0.0920. The van der Waals surface area contributed by atoms with Crippen LogP contribution < -0.4 is 5.56 Å². The monoisotopic (exact) mass is 302 g/mol. The average Bonchev–Trinajstić information content (AvgIpc) is 2.26. The zero-order valence-electron chi connectivity index (χ0n) is 10.7. The summed E-state index contributed by atoms with van der Waals surface area (Å²) in [7, 11) is 1.62. The molecule has 0 radical (unpaired) electrons. The minimum Gasteiger partial charge on any atom is -0.374 e. The molecular formula is C12H19BrN2O2. The second-order valence-corrected chi connectivity index (χ2v) is 5.24. The Labute approximate surface area is 110 Å². The molecule has 1 unspecified atom stereocenters. The fourth-order valence-corrected chi connectivity index (χ4v) is 2.02. The molecule has 0 fully saturated rings. The summed E-state index contributed by atoms with van der Waals surface area (Å²) in [6.45, 7) is 6.20. The van der Waals surface area contributed by atoms with Crippen LogP contribution in [0.5, 0.6) is 0 Å². The molecule has 1 N–H and O–H groups in total. The SMILES string of the molecule is CCC(OC)c1nc(CC(C)C)c(Br)c(=O)[nH]1. The predicted molar refractivity (Wildman–Crippen MR) is 71.1 cm³/mol. The molecule has 0 aliphatic rings. The molecule has 0 amide bonds. The number of nitrogens with one attached hydrogen (secondary N) is 1. The van der Waals surface area contributed by atoms with Gasteiger partial charge in [0, 0.05) is 7.11 Å². The number of methoxy groups -OCH3 is 1. The highest BCUT2D eigenvalue weighted by atomic mass is 79.9. The first-order chi connectivity index (χ1) is 7.99. The highest BCUT2D eigenvalue weighted by Crippen LogP contribution is 2.19. The molecule has 1 rings (SSSR count). The second kappa shape index (κ2) is 6.31. The van der Waals surface area contributed by atoms with Gasteiger partial charge in [0.2, 0.25) is 0 Å². The van der Waals surface area contributed by atoms with Gasteiger partial charge >= 0.3 is 0 Å². The van der Waals surface area contributed by atoms with Crippen LogP contribution in [0.3, 0.4) is 0 Å². The Balaban J connectivity index is 3.18. The lowest BCUT2D eigenvalue weighted by Crippen LogP contribution is -2.19. The molecule has 1 aromatic rings. The van der Waals surface area contributed by atoms with Crippen LogP contribution in [-0.4, -0.2) is 17.1 Å². The first-order valence-corrected chi connectivity index (χ1v) is 6.60. The molecule has 0 aliphatic carbocycles. The van der Waals surface area contributed by atoms with Gasteiger partial charge in [0.05, 0.1) is 5.69 Å². The van der Waals surface area contributed by atoms with E-state index < -0.39 is 0 Å². The third-order valence-electron chi connectivity index (χ3n) is 2.51. The Morgan fingerprint density at radius 1 is 1.47 bits per heavy atom. The highest BCUT2D eigenvalue weighted by molar-refractivity contribution is 9.10. The van der Waals surface area contributed by atoms with Crippen molar-refractivity contribution >= 4 is 15.9 Å². The fourth-order valence-electron chi connectivity index (χ4n) is 1.67. The Morgan fingerprint density at radius 2 is 2.12 bits per heavy atom. The summed E-state index contributed by atoms with van der Waals surface area (Å²) in [5.41, 5.74) is 0.662. The number of H-pyrrole nitrogens is 1. The van der Waals surface area contributed by atoms with Crippen molar-refractivity contribution in [2.75, 3.05) is 7.11 Å². The summed E-state index contributed by atoms with van der Waals surface area (Å²) in [5, 5.41) is 0. The van der Waals surface area contributed by atoms with Gasteiger partial charge in [-0.1, -0.05) is 20.8 Å². The van der Waals surface area contributed by atoms with Gasteiger partial charge in [-0.25, -0.2) is 4.98 Å². The maximum absolute atomic E-state index is 11.8. The predicted octanol–water partition coefficient (Wildman–Crippen LogP) is 2.83. The summed E-state index contributed by atoms with van der Waals surface area (Å²) in [5.74, 6) is 1.06. The molecule has 0 saturated carbocycles. The Kier molecular flexibility index (Phi) is 5.33. The van der Waals surface area contributed by atoms with Crippen LogP contribution in [0, 0.1) is 5.92 Å². The number of hydrogen-bond acceptors (Lipinski definition) is 3. The van der Waals surface area contributed by atoms with E-state index in [9.17, 15) is 4.79 Å². The highest BCUT2D eigenvalue weighted by Gasteiger charge is 2.16. The number of halogens is 1. The zero-order valence-corrected chi connectivity index (χ0v) is 12.3. The minimum absolute atomic E-state index is 0.138. The van der Waals surface area contributed by atoms with Gasteiger partial charge in [-0.3, -0.25) is 4.79 Å². The van der Waals surface area contributed by atoms with Gasteiger partial charge in [-0.15, -0.1) is 0 Å². The molecule has 0 saturated heterocycles. The molecule has 0 aliphatic heterocycles. The lowest BCUT2D eigenvalue weighted by Gasteiger charge is -2.14. The van der Waals surface area contributed by atoms with Crippen LogP contribution in [0.25, 0.3) is 0 Å². The van der Waals surface area contributed by atoms with Gasteiger partial charge in [0.15, 0.2) is 0 Å².